The number of benzene rings is 2. The molecule has 0 amide bonds. The lowest BCUT2D eigenvalue weighted by Crippen LogP contribution is -2.54. The molecule has 0 saturated heterocycles. The molecule has 172 valence electrons. The van der Waals surface area contributed by atoms with Gasteiger partial charge in [-0.1, -0.05) is 24.3 Å². The number of aromatic nitrogens is 2. The van der Waals surface area contributed by atoms with Gasteiger partial charge in [0.25, 0.3) is 5.56 Å². The van der Waals surface area contributed by atoms with Crippen molar-refractivity contribution in [2.24, 2.45) is 0 Å². The number of anilines is 1. The summed E-state index contributed by atoms with van der Waals surface area (Å²) in [6.45, 7) is 4.18. The molecule has 33 heavy (non-hydrogen) atoms. The summed E-state index contributed by atoms with van der Waals surface area (Å²) < 4.78 is 13.1. The van der Waals surface area contributed by atoms with Gasteiger partial charge in [-0.25, -0.2) is 0 Å². The number of hydrogen-bond donors (Lipinski definition) is 1. The van der Waals surface area contributed by atoms with Gasteiger partial charge < -0.3 is 14.4 Å². The Labute approximate surface area is 197 Å². The zero-order valence-electron chi connectivity index (χ0n) is 18.8. The van der Waals surface area contributed by atoms with Crippen LogP contribution in [-0.4, -0.2) is 46.9 Å². The quantitative estimate of drug-likeness (QED) is 0.561. The van der Waals surface area contributed by atoms with Crippen LogP contribution in [0, 0.1) is 4.77 Å². The molecule has 3 heterocycles. The summed E-state index contributed by atoms with van der Waals surface area (Å²) in [7, 11) is 3.34. The van der Waals surface area contributed by atoms with Crippen LogP contribution in [0.2, 0.25) is 0 Å². The molecule has 3 aromatic rings. The zero-order valence-corrected chi connectivity index (χ0v) is 19.6. The van der Waals surface area contributed by atoms with Gasteiger partial charge in [0.2, 0.25) is 0 Å². The van der Waals surface area contributed by atoms with E-state index in [0.29, 0.717) is 18.0 Å². The molecule has 0 fully saturated rings. The summed E-state index contributed by atoms with van der Waals surface area (Å²) >= 11 is 5.53. The van der Waals surface area contributed by atoms with E-state index in [4.69, 9.17) is 21.7 Å². The average molecular weight is 466 g/mol. The Hall–Kier alpha value is -3.14. The minimum atomic E-state index is -0.0979. The Morgan fingerprint density at radius 1 is 0.848 bits per heavy atom. The van der Waals surface area contributed by atoms with Gasteiger partial charge in [0.05, 0.1) is 39.8 Å². The highest BCUT2D eigenvalue weighted by Crippen LogP contribution is 2.30. The van der Waals surface area contributed by atoms with Crippen LogP contribution in [0.5, 0.6) is 11.5 Å². The molecule has 2 aliphatic heterocycles. The normalized spacial score (nSPS) is 15.9. The van der Waals surface area contributed by atoms with Gasteiger partial charge in [0.1, 0.15) is 17.3 Å². The molecule has 1 N–H and O–H groups in total. The number of H-pyrrole nitrogens is 1. The average Bonchev–Trinajstić information content (AvgIpc) is 2.83. The first kappa shape index (κ1) is 21.7. The van der Waals surface area contributed by atoms with E-state index in [1.165, 1.54) is 11.1 Å². The maximum atomic E-state index is 12.8. The van der Waals surface area contributed by atoms with Crippen LogP contribution in [-0.2, 0) is 26.3 Å². The van der Waals surface area contributed by atoms with Crippen molar-refractivity contribution in [1.29, 1.82) is 0 Å². The Bertz CT molecular complexity index is 1160. The van der Waals surface area contributed by atoms with Crippen LogP contribution >= 0.6 is 12.2 Å². The van der Waals surface area contributed by atoms with E-state index in [2.05, 4.69) is 43.9 Å². The molecule has 0 saturated carbocycles. The molecule has 8 nitrogen and oxygen atoms in total. The van der Waals surface area contributed by atoms with Crippen molar-refractivity contribution >= 4 is 18.0 Å². The van der Waals surface area contributed by atoms with Gasteiger partial charge >= 0.3 is 0 Å². The molecule has 0 atom stereocenters. The first-order valence-corrected chi connectivity index (χ1v) is 11.3. The highest BCUT2D eigenvalue weighted by molar-refractivity contribution is 7.71. The van der Waals surface area contributed by atoms with E-state index < -0.39 is 0 Å². The van der Waals surface area contributed by atoms with Crippen molar-refractivity contribution in [3.05, 3.63) is 80.3 Å². The molecule has 0 aliphatic carbocycles. The third-order valence-corrected chi connectivity index (χ3v) is 6.48. The number of rotatable bonds is 6. The Balaban J connectivity index is 1.41. The third kappa shape index (κ3) is 4.39. The standard InChI is InChI=1S/C24H27N5O3S/c1-31-19-7-3-17(4-8-19)11-26-13-21-22(30)25-24(33)29-16-27(15-28(14-26)23(21)29)12-18-5-9-20(32-2)10-6-18/h3-10H,11-16H2,1-2H3,(H,25,30,33). The highest BCUT2D eigenvalue weighted by atomic mass is 32.1. The third-order valence-electron chi connectivity index (χ3n) is 6.16. The molecular formula is C24H27N5O3S. The van der Waals surface area contributed by atoms with Crippen LogP contribution in [0.3, 0.4) is 0 Å². The van der Waals surface area contributed by atoms with Crippen molar-refractivity contribution in [2.75, 3.05) is 32.5 Å². The van der Waals surface area contributed by atoms with E-state index in [9.17, 15) is 4.79 Å². The minimum Gasteiger partial charge on any atom is -0.497 e. The second-order valence-electron chi connectivity index (χ2n) is 8.47. The number of methoxy groups -OCH3 is 2. The fraction of sp³-hybridized carbons (Fsp3) is 0.333. The van der Waals surface area contributed by atoms with E-state index in [0.717, 1.165) is 49.3 Å². The van der Waals surface area contributed by atoms with E-state index in [1.54, 1.807) is 14.2 Å². The fourth-order valence-electron chi connectivity index (χ4n) is 4.60. The SMILES string of the molecule is COc1ccc(CN2Cc3c4n(c(=S)[nH]c3=O)CN(Cc3ccc(OC)cc3)CN4C2)cc1. The number of aromatic amines is 1. The largest absolute Gasteiger partial charge is 0.497 e. The van der Waals surface area contributed by atoms with E-state index in [1.807, 2.05) is 28.8 Å². The van der Waals surface area contributed by atoms with E-state index >= 15 is 0 Å². The number of hydrogen-bond acceptors (Lipinski definition) is 7. The summed E-state index contributed by atoms with van der Waals surface area (Å²) in [5.41, 5.74) is 3.05. The molecule has 1 aromatic heterocycles. The molecular weight excluding hydrogens is 438 g/mol. The number of nitrogens with one attached hydrogen (secondary N) is 1. The lowest BCUT2D eigenvalue weighted by molar-refractivity contribution is 0.146. The summed E-state index contributed by atoms with van der Waals surface area (Å²) in [5.74, 6) is 2.63. The van der Waals surface area contributed by atoms with Crippen LogP contribution in [0.1, 0.15) is 16.7 Å². The lowest BCUT2D eigenvalue weighted by atomic mass is 10.1. The molecule has 0 spiro atoms. The molecule has 0 radical (unpaired) electrons. The van der Waals surface area contributed by atoms with Gasteiger partial charge in [-0.2, -0.15) is 0 Å². The molecule has 2 aliphatic rings. The topological polar surface area (TPSA) is 66.0 Å². The van der Waals surface area contributed by atoms with Crippen molar-refractivity contribution in [3.63, 3.8) is 0 Å². The summed E-state index contributed by atoms with van der Waals surface area (Å²) in [6, 6.07) is 16.2. The highest BCUT2D eigenvalue weighted by Gasteiger charge is 2.32. The maximum Gasteiger partial charge on any atom is 0.258 e. The fourth-order valence-corrected chi connectivity index (χ4v) is 4.84. The van der Waals surface area contributed by atoms with Crippen LogP contribution in [0.4, 0.5) is 5.82 Å². The predicted octanol–water partition coefficient (Wildman–Crippen LogP) is 3.13. The Morgan fingerprint density at radius 2 is 1.39 bits per heavy atom. The molecule has 9 heteroatoms. The summed E-state index contributed by atoms with van der Waals surface area (Å²) in [5, 5.41) is 0. The molecule has 5 rings (SSSR count). The first-order chi connectivity index (χ1) is 16.0. The number of nitrogens with zero attached hydrogens (tertiary/aromatic N) is 4. The lowest BCUT2D eigenvalue weighted by Gasteiger charge is -2.45. The van der Waals surface area contributed by atoms with Crippen LogP contribution in [0.25, 0.3) is 0 Å². The summed E-state index contributed by atoms with van der Waals surface area (Å²) in [6.07, 6.45) is 0. The molecule has 0 bridgehead atoms. The van der Waals surface area contributed by atoms with Gasteiger partial charge in [0.15, 0.2) is 4.77 Å². The molecule has 0 unspecified atom stereocenters. The monoisotopic (exact) mass is 465 g/mol. The smallest absolute Gasteiger partial charge is 0.258 e. The van der Waals surface area contributed by atoms with Gasteiger partial charge in [-0.3, -0.25) is 24.1 Å². The van der Waals surface area contributed by atoms with E-state index in [-0.39, 0.29) is 5.56 Å². The summed E-state index contributed by atoms with van der Waals surface area (Å²) in [4.78, 5) is 22.5. The van der Waals surface area contributed by atoms with Crippen molar-refractivity contribution in [1.82, 2.24) is 19.4 Å². The first-order valence-electron chi connectivity index (χ1n) is 10.9. The second-order valence-corrected chi connectivity index (χ2v) is 8.85. The van der Waals surface area contributed by atoms with Crippen molar-refractivity contribution in [3.8, 4) is 11.5 Å². The predicted molar refractivity (Wildman–Crippen MR) is 129 cm³/mol. The Morgan fingerprint density at radius 3 is 1.97 bits per heavy atom. The van der Waals surface area contributed by atoms with Crippen LogP contribution < -0.4 is 19.9 Å². The minimum absolute atomic E-state index is 0.0979. The van der Waals surface area contributed by atoms with Gasteiger partial charge in [-0.05, 0) is 47.6 Å². The molecule has 2 aromatic carbocycles. The zero-order chi connectivity index (χ0) is 22.9. The van der Waals surface area contributed by atoms with Crippen molar-refractivity contribution < 1.29 is 9.47 Å². The van der Waals surface area contributed by atoms with Crippen molar-refractivity contribution in [2.45, 2.75) is 26.3 Å². The Kier molecular flexibility index (Phi) is 5.92. The van der Waals surface area contributed by atoms with Gasteiger partial charge in [0, 0.05) is 19.6 Å². The van der Waals surface area contributed by atoms with Crippen LogP contribution in [0.15, 0.2) is 53.3 Å². The maximum absolute atomic E-state index is 12.8. The second kappa shape index (κ2) is 9.01. The number of ether oxygens (including phenoxy) is 2. The van der Waals surface area contributed by atoms with Gasteiger partial charge in [-0.15, -0.1) is 0 Å².